The maximum atomic E-state index is 12.5. The summed E-state index contributed by atoms with van der Waals surface area (Å²) in [7, 11) is 0. The lowest BCUT2D eigenvalue weighted by molar-refractivity contribution is -0.383. The highest BCUT2D eigenvalue weighted by atomic mass is 16.6. The molecule has 1 aliphatic heterocycles. The van der Waals surface area contributed by atoms with E-state index in [9.17, 15) is 24.8 Å². The quantitative estimate of drug-likeness (QED) is 0.569. The molecule has 9 heteroatoms. The molecule has 2 aromatic rings. The topological polar surface area (TPSA) is 137 Å². The van der Waals surface area contributed by atoms with Crippen LogP contribution in [0.4, 0.5) is 5.69 Å². The van der Waals surface area contributed by atoms with Gasteiger partial charge in [-0.3, -0.25) is 14.9 Å². The van der Waals surface area contributed by atoms with Gasteiger partial charge in [0.2, 0.25) is 0 Å². The van der Waals surface area contributed by atoms with Crippen LogP contribution >= 0.6 is 0 Å². The number of benzene rings is 1. The van der Waals surface area contributed by atoms with Crippen LogP contribution in [0.3, 0.4) is 0 Å². The Morgan fingerprint density at radius 3 is 2.54 bits per heavy atom. The van der Waals surface area contributed by atoms with Crippen molar-refractivity contribution in [2.24, 2.45) is 0 Å². The van der Waals surface area contributed by atoms with Gasteiger partial charge in [-0.15, -0.1) is 0 Å². The molecule has 2 heterocycles. The molecule has 0 atom stereocenters. The zero-order valence-electron chi connectivity index (χ0n) is 12.6. The number of non-ortho nitro benzene ring substituents is 1. The van der Waals surface area contributed by atoms with E-state index in [1.54, 1.807) is 6.07 Å². The van der Waals surface area contributed by atoms with Crippen LogP contribution in [-0.4, -0.2) is 55.6 Å². The first-order valence-electron chi connectivity index (χ1n) is 7.33. The van der Waals surface area contributed by atoms with Gasteiger partial charge < -0.3 is 20.1 Å². The average molecular weight is 333 g/mol. The fourth-order valence-corrected chi connectivity index (χ4v) is 2.87. The second kappa shape index (κ2) is 5.60. The number of aliphatic hydroxyl groups is 1. The van der Waals surface area contributed by atoms with Crippen molar-refractivity contribution >= 4 is 28.5 Å². The van der Waals surface area contributed by atoms with E-state index in [1.165, 1.54) is 23.1 Å². The number of rotatable bonds is 3. The molecule has 3 N–H and O–H groups in total. The summed E-state index contributed by atoms with van der Waals surface area (Å²) in [4.78, 5) is 38.3. The summed E-state index contributed by atoms with van der Waals surface area (Å²) in [6, 6.07) is 6.08. The minimum atomic E-state index is -1.81. The van der Waals surface area contributed by atoms with Gasteiger partial charge in [0.25, 0.3) is 11.6 Å². The van der Waals surface area contributed by atoms with Gasteiger partial charge >= 0.3 is 5.97 Å². The van der Waals surface area contributed by atoms with Crippen LogP contribution in [0.25, 0.3) is 10.9 Å². The van der Waals surface area contributed by atoms with E-state index < -0.39 is 16.5 Å². The Morgan fingerprint density at radius 1 is 1.29 bits per heavy atom. The molecule has 9 nitrogen and oxygen atoms in total. The number of aliphatic carboxylic acids is 1. The van der Waals surface area contributed by atoms with E-state index in [0.29, 0.717) is 5.39 Å². The summed E-state index contributed by atoms with van der Waals surface area (Å²) in [6.07, 6.45) is -0.122. The predicted molar refractivity (Wildman–Crippen MR) is 82.7 cm³/mol. The number of likely N-dealkylation sites (tertiary alicyclic amines) is 1. The van der Waals surface area contributed by atoms with Crippen LogP contribution in [0.1, 0.15) is 23.3 Å². The Balaban J connectivity index is 1.84. The van der Waals surface area contributed by atoms with E-state index in [0.717, 1.165) is 0 Å². The Morgan fingerprint density at radius 2 is 1.96 bits per heavy atom. The molecule has 1 aromatic carbocycles. The van der Waals surface area contributed by atoms with Crippen LogP contribution in [0.5, 0.6) is 0 Å². The number of piperidine rings is 1. The third-order valence-electron chi connectivity index (χ3n) is 4.34. The van der Waals surface area contributed by atoms with E-state index in [2.05, 4.69) is 4.98 Å². The molecular formula is C15H15N3O6. The van der Waals surface area contributed by atoms with Gasteiger partial charge in [-0.1, -0.05) is 12.1 Å². The van der Waals surface area contributed by atoms with Gasteiger partial charge in [-0.2, -0.15) is 0 Å². The van der Waals surface area contributed by atoms with Crippen LogP contribution in [0.2, 0.25) is 0 Å². The number of nitro benzene ring substituents is 1. The normalized spacial score (nSPS) is 17.0. The molecule has 0 bridgehead atoms. The second-order valence-electron chi connectivity index (χ2n) is 5.81. The van der Waals surface area contributed by atoms with Gasteiger partial charge in [0.05, 0.1) is 4.92 Å². The lowest BCUT2D eigenvalue weighted by atomic mass is 9.91. The maximum absolute atomic E-state index is 12.5. The van der Waals surface area contributed by atoms with Crippen LogP contribution in [0.15, 0.2) is 24.3 Å². The Bertz CT molecular complexity index is 835. The first-order chi connectivity index (χ1) is 11.3. The number of carbonyl (C=O) groups excluding carboxylic acids is 1. The molecule has 0 radical (unpaired) electrons. The number of nitrogens with one attached hydrogen (secondary N) is 1. The number of carboxylic acids is 1. The highest BCUT2D eigenvalue weighted by Gasteiger charge is 2.40. The van der Waals surface area contributed by atoms with E-state index in [1.807, 2.05) is 0 Å². The van der Waals surface area contributed by atoms with Crippen molar-refractivity contribution in [1.82, 2.24) is 9.88 Å². The predicted octanol–water partition coefficient (Wildman–Crippen LogP) is 1.13. The Kier molecular flexibility index (Phi) is 3.72. The van der Waals surface area contributed by atoms with Gasteiger partial charge in [-0.05, 0) is 6.07 Å². The zero-order valence-corrected chi connectivity index (χ0v) is 12.6. The zero-order chi connectivity index (χ0) is 17.5. The molecule has 0 unspecified atom stereocenters. The van der Waals surface area contributed by atoms with Gasteiger partial charge in [0.15, 0.2) is 5.60 Å². The van der Waals surface area contributed by atoms with E-state index >= 15 is 0 Å². The summed E-state index contributed by atoms with van der Waals surface area (Å²) in [5, 5.41) is 30.5. The average Bonchev–Trinajstić information content (AvgIpc) is 2.98. The van der Waals surface area contributed by atoms with Crippen molar-refractivity contribution in [3.8, 4) is 0 Å². The monoisotopic (exact) mass is 333 g/mol. The number of amides is 1. The van der Waals surface area contributed by atoms with Crippen molar-refractivity contribution < 1.29 is 24.7 Å². The molecule has 1 saturated heterocycles. The summed E-state index contributed by atoms with van der Waals surface area (Å²) < 4.78 is 0. The summed E-state index contributed by atoms with van der Waals surface area (Å²) in [5.41, 5.74) is -1.47. The molecule has 3 rings (SSSR count). The van der Waals surface area contributed by atoms with Gasteiger partial charge in [-0.25, -0.2) is 4.79 Å². The largest absolute Gasteiger partial charge is 0.479 e. The molecule has 1 aromatic heterocycles. The van der Waals surface area contributed by atoms with Crippen molar-refractivity contribution in [1.29, 1.82) is 0 Å². The summed E-state index contributed by atoms with van der Waals surface area (Å²) in [5.74, 6) is -1.68. The fourth-order valence-electron chi connectivity index (χ4n) is 2.87. The smallest absolute Gasteiger partial charge is 0.335 e. The van der Waals surface area contributed by atoms with Gasteiger partial charge in [0.1, 0.15) is 11.2 Å². The fraction of sp³-hybridized carbons (Fsp3) is 0.333. The number of aromatic nitrogens is 1. The number of H-pyrrole nitrogens is 1. The lowest BCUT2D eigenvalue weighted by Gasteiger charge is -2.35. The number of nitro groups is 1. The molecule has 126 valence electrons. The number of hydrogen-bond acceptors (Lipinski definition) is 5. The molecule has 0 aliphatic carbocycles. The van der Waals surface area contributed by atoms with E-state index in [4.69, 9.17) is 5.11 Å². The van der Waals surface area contributed by atoms with Crippen molar-refractivity contribution in [2.45, 2.75) is 18.4 Å². The third kappa shape index (κ3) is 2.58. The minimum Gasteiger partial charge on any atom is -0.479 e. The number of carbonyl (C=O) groups is 2. The summed E-state index contributed by atoms with van der Waals surface area (Å²) >= 11 is 0. The minimum absolute atomic E-state index is 0.0611. The number of fused-ring (bicyclic) bond motifs is 1. The maximum Gasteiger partial charge on any atom is 0.335 e. The Labute approximate surface area is 135 Å². The highest BCUT2D eigenvalue weighted by Crippen LogP contribution is 2.27. The first kappa shape index (κ1) is 15.9. The first-order valence-corrected chi connectivity index (χ1v) is 7.33. The van der Waals surface area contributed by atoms with Crippen molar-refractivity contribution in [3.05, 3.63) is 40.1 Å². The molecule has 0 saturated carbocycles. The number of carboxylic acid groups (broad SMARTS) is 1. The van der Waals surface area contributed by atoms with Crippen LogP contribution in [0, 0.1) is 10.1 Å². The number of hydrogen-bond donors (Lipinski definition) is 3. The van der Waals surface area contributed by atoms with Crippen LogP contribution in [-0.2, 0) is 4.79 Å². The lowest BCUT2D eigenvalue weighted by Crippen LogP contribution is -2.50. The van der Waals surface area contributed by atoms with Crippen molar-refractivity contribution in [2.75, 3.05) is 13.1 Å². The van der Waals surface area contributed by atoms with Crippen LogP contribution < -0.4 is 0 Å². The molecule has 24 heavy (non-hydrogen) atoms. The Hall–Kier alpha value is -2.94. The molecule has 0 spiro atoms. The molecular weight excluding hydrogens is 318 g/mol. The van der Waals surface area contributed by atoms with E-state index in [-0.39, 0.29) is 48.7 Å². The molecule has 1 amide bonds. The number of para-hydroxylation sites is 1. The molecule has 1 aliphatic rings. The second-order valence-corrected chi connectivity index (χ2v) is 5.81. The number of nitrogens with zero attached hydrogens (tertiary/aromatic N) is 2. The standard InChI is InChI=1S/C15H15N3O6/c19-13(17-6-4-15(22,5-7-17)14(20)21)10-8-9-2-1-3-11(18(23)24)12(9)16-10/h1-3,8,16,22H,4-7H2,(H,20,21). The molecule has 1 fully saturated rings. The third-order valence-corrected chi connectivity index (χ3v) is 4.34. The SMILES string of the molecule is O=C(c1cc2cccc([N+](=O)[O-])c2[nH]1)N1CCC(O)(C(=O)O)CC1. The summed E-state index contributed by atoms with van der Waals surface area (Å²) in [6.45, 7) is 0.193. The van der Waals surface area contributed by atoms with Gasteiger partial charge in [0, 0.05) is 37.4 Å². The highest BCUT2D eigenvalue weighted by molar-refractivity contribution is 6.00. The van der Waals surface area contributed by atoms with Crippen molar-refractivity contribution in [3.63, 3.8) is 0 Å². The number of aromatic amines is 1.